The number of ether oxygens (including phenoxy) is 1. The third kappa shape index (κ3) is 2.82. The number of hydrogen-bond donors (Lipinski definition) is 1. The minimum absolute atomic E-state index is 0.208. The fourth-order valence-electron chi connectivity index (χ4n) is 2.18. The van der Waals surface area contributed by atoms with Gasteiger partial charge in [-0.3, -0.25) is 4.79 Å². The summed E-state index contributed by atoms with van der Waals surface area (Å²) in [4.78, 5) is 17.8. The van der Waals surface area contributed by atoms with Crippen molar-refractivity contribution < 1.29 is 9.53 Å². The Balaban J connectivity index is 2.02. The molecule has 0 aliphatic carbocycles. The van der Waals surface area contributed by atoms with Gasteiger partial charge < -0.3 is 4.74 Å². The number of thiazole rings is 1. The molecule has 6 heteroatoms. The van der Waals surface area contributed by atoms with Crippen LogP contribution in [0.3, 0.4) is 0 Å². The number of methoxy groups -OCH3 is 1. The Morgan fingerprint density at radius 2 is 2.05 bits per heavy atom. The van der Waals surface area contributed by atoms with Gasteiger partial charge >= 0.3 is 0 Å². The number of aromatic nitrogens is 1. The molecule has 0 spiro atoms. The van der Waals surface area contributed by atoms with Crippen molar-refractivity contribution in [3.8, 4) is 27.6 Å². The van der Waals surface area contributed by atoms with Crippen LogP contribution in [-0.2, 0) is 0 Å². The van der Waals surface area contributed by atoms with Crippen LogP contribution in [-0.4, -0.2) is 17.2 Å². The average molecular weight is 347 g/mol. The zero-order valence-electron chi connectivity index (χ0n) is 12.0. The summed E-state index contributed by atoms with van der Waals surface area (Å²) in [6.07, 6.45) is 0. The lowest BCUT2D eigenvalue weighted by Gasteiger charge is -2.04. The standard InChI is InChI=1S/C16H13NO2S3/c1-9-11(7-14(22-9)16(18)20)15-17-12(8-21-15)10-5-3-4-6-13(10)19-2/h3-8H,1-2H3,(H,18,20). The second-order valence-electron chi connectivity index (χ2n) is 4.62. The number of nitrogens with zero attached hydrogens (tertiary/aromatic N) is 1. The fourth-order valence-corrected chi connectivity index (χ4v) is 4.20. The van der Waals surface area contributed by atoms with Crippen LogP contribution in [0.15, 0.2) is 35.7 Å². The number of thiophene rings is 1. The van der Waals surface area contributed by atoms with Crippen LogP contribution in [0.1, 0.15) is 14.5 Å². The molecule has 1 aromatic carbocycles. The Kier molecular flexibility index (Phi) is 4.33. The molecule has 0 saturated carbocycles. The molecule has 0 fully saturated rings. The first-order chi connectivity index (χ1) is 10.6. The van der Waals surface area contributed by atoms with E-state index in [-0.39, 0.29) is 5.12 Å². The molecule has 3 aromatic rings. The summed E-state index contributed by atoms with van der Waals surface area (Å²) in [7, 11) is 1.65. The zero-order valence-corrected chi connectivity index (χ0v) is 14.5. The summed E-state index contributed by atoms with van der Waals surface area (Å²) in [5.74, 6) is 0.799. The molecular weight excluding hydrogens is 334 g/mol. The van der Waals surface area contributed by atoms with Crippen LogP contribution < -0.4 is 4.74 Å². The Hall–Kier alpha value is -1.63. The third-order valence-corrected chi connectivity index (χ3v) is 5.56. The number of thiol groups is 1. The summed E-state index contributed by atoms with van der Waals surface area (Å²) >= 11 is 6.89. The predicted octanol–water partition coefficient (Wildman–Crippen LogP) is 4.93. The molecule has 0 aliphatic heterocycles. The van der Waals surface area contributed by atoms with Crippen molar-refractivity contribution in [1.82, 2.24) is 4.98 Å². The van der Waals surface area contributed by atoms with Gasteiger partial charge in [-0.2, -0.15) is 0 Å². The van der Waals surface area contributed by atoms with E-state index in [1.165, 1.54) is 11.3 Å². The van der Waals surface area contributed by atoms with Crippen LogP contribution in [0.5, 0.6) is 5.75 Å². The lowest BCUT2D eigenvalue weighted by molar-refractivity contribution is 0.109. The second-order valence-corrected chi connectivity index (χ2v) is 7.14. The number of benzene rings is 1. The van der Waals surface area contributed by atoms with Crippen molar-refractivity contribution in [2.75, 3.05) is 7.11 Å². The van der Waals surface area contributed by atoms with Gasteiger partial charge in [0.2, 0.25) is 5.12 Å². The molecule has 0 bridgehead atoms. The highest BCUT2D eigenvalue weighted by atomic mass is 32.1. The van der Waals surface area contributed by atoms with Gasteiger partial charge in [0.1, 0.15) is 10.8 Å². The molecule has 2 aromatic heterocycles. The summed E-state index contributed by atoms with van der Waals surface area (Å²) in [6, 6.07) is 9.66. The quantitative estimate of drug-likeness (QED) is 0.681. The third-order valence-electron chi connectivity index (χ3n) is 3.25. The average Bonchev–Trinajstić information content (AvgIpc) is 3.13. The highest BCUT2D eigenvalue weighted by Crippen LogP contribution is 2.37. The van der Waals surface area contributed by atoms with Crippen LogP contribution >= 0.6 is 35.3 Å². The summed E-state index contributed by atoms with van der Waals surface area (Å²) < 4.78 is 5.39. The van der Waals surface area contributed by atoms with Gasteiger partial charge in [0, 0.05) is 21.4 Å². The van der Waals surface area contributed by atoms with Gasteiger partial charge in [0.05, 0.1) is 17.7 Å². The largest absolute Gasteiger partial charge is 0.496 e. The van der Waals surface area contributed by atoms with Crippen molar-refractivity contribution in [3.63, 3.8) is 0 Å². The van der Waals surface area contributed by atoms with Crippen LogP contribution in [0.4, 0.5) is 0 Å². The zero-order chi connectivity index (χ0) is 15.7. The maximum absolute atomic E-state index is 11.4. The normalized spacial score (nSPS) is 10.7. The van der Waals surface area contributed by atoms with Gasteiger partial charge in [-0.25, -0.2) is 4.98 Å². The maximum Gasteiger partial charge on any atom is 0.226 e. The molecule has 0 unspecified atom stereocenters. The Morgan fingerprint density at radius 3 is 2.73 bits per heavy atom. The Bertz CT molecular complexity index is 836. The minimum atomic E-state index is -0.208. The molecule has 0 radical (unpaired) electrons. The van der Waals surface area contributed by atoms with Gasteiger partial charge in [0.15, 0.2) is 0 Å². The molecule has 3 nitrogen and oxygen atoms in total. The second kappa shape index (κ2) is 6.24. The number of para-hydroxylation sites is 1. The minimum Gasteiger partial charge on any atom is -0.496 e. The number of aryl methyl sites for hydroxylation is 1. The summed E-state index contributed by atoms with van der Waals surface area (Å²) in [5.41, 5.74) is 2.83. The van der Waals surface area contributed by atoms with Crippen molar-refractivity contribution >= 4 is 40.4 Å². The van der Waals surface area contributed by atoms with E-state index in [1.807, 2.05) is 42.6 Å². The van der Waals surface area contributed by atoms with Gasteiger partial charge in [-0.05, 0) is 25.1 Å². The van der Waals surface area contributed by atoms with E-state index in [9.17, 15) is 4.79 Å². The highest BCUT2D eigenvalue weighted by molar-refractivity contribution is 7.97. The van der Waals surface area contributed by atoms with Crippen molar-refractivity contribution in [3.05, 3.63) is 45.5 Å². The molecule has 0 atom stereocenters. The maximum atomic E-state index is 11.4. The highest BCUT2D eigenvalue weighted by Gasteiger charge is 2.15. The molecule has 0 amide bonds. The van der Waals surface area contributed by atoms with Crippen molar-refractivity contribution in [2.24, 2.45) is 0 Å². The Labute approximate surface area is 142 Å². The van der Waals surface area contributed by atoms with Crippen molar-refractivity contribution in [1.29, 1.82) is 0 Å². The monoisotopic (exact) mass is 347 g/mol. The number of hydrogen-bond acceptors (Lipinski definition) is 5. The molecule has 2 heterocycles. The lowest BCUT2D eigenvalue weighted by Crippen LogP contribution is -1.87. The number of carbonyl (C=O) groups excluding carboxylic acids is 1. The first kappa shape index (κ1) is 15.3. The van der Waals surface area contributed by atoms with Gasteiger partial charge in [-0.1, -0.05) is 24.8 Å². The Morgan fingerprint density at radius 1 is 1.27 bits per heavy atom. The molecule has 0 aliphatic rings. The summed E-state index contributed by atoms with van der Waals surface area (Å²) in [5, 5.41) is 2.70. The van der Waals surface area contributed by atoms with E-state index < -0.39 is 0 Å². The first-order valence-corrected chi connectivity index (χ1v) is 8.67. The first-order valence-electron chi connectivity index (χ1n) is 6.53. The smallest absolute Gasteiger partial charge is 0.226 e. The van der Waals surface area contributed by atoms with Crippen LogP contribution in [0.2, 0.25) is 0 Å². The van der Waals surface area contributed by atoms with E-state index in [4.69, 9.17) is 9.72 Å². The summed E-state index contributed by atoms with van der Waals surface area (Å²) in [6.45, 7) is 1.99. The molecule has 3 rings (SSSR count). The topological polar surface area (TPSA) is 39.2 Å². The molecule has 0 N–H and O–H groups in total. The van der Waals surface area contributed by atoms with Gasteiger partial charge in [-0.15, -0.1) is 22.7 Å². The van der Waals surface area contributed by atoms with Gasteiger partial charge in [0.25, 0.3) is 0 Å². The van der Waals surface area contributed by atoms with Crippen LogP contribution in [0.25, 0.3) is 21.8 Å². The van der Waals surface area contributed by atoms with E-state index in [1.54, 1.807) is 18.4 Å². The number of rotatable bonds is 4. The van der Waals surface area contributed by atoms with Crippen molar-refractivity contribution in [2.45, 2.75) is 6.92 Å². The fraction of sp³-hybridized carbons (Fsp3) is 0.125. The van der Waals surface area contributed by atoms with E-state index in [2.05, 4.69) is 12.6 Å². The SMILES string of the molecule is COc1ccccc1-c1csc(-c2cc(C(=O)S)sc2C)n1. The van der Waals surface area contributed by atoms with E-state index in [0.717, 1.165) is 32.5 Å². The molecule has 22 heavy (non-hydrogen) atoms. The van der Waals surface area contributed by atoms with E-state index >= 15 is 0 Å². The molecular formula is C16H13NO2S3. The predicted molar refractivity (Wildman–Crippen MR) is 95.5 cm³/mol. The van der Waals surface area contributed by atoms with Crippen LogP contribution in [0, 0.1) is 6.92 Å². The van der Waals surface area contributed by atoms with E-state index in [0.29, 0.717) is 4.88 Å². The lowest BCUT2D eigenvalue weighted by atomic mass is 10.1. The number of carbonyl (C=O) groups is 1. The molecule has 0 saturated heterocycles. The molecule has 112 valence electrons.